The van der Waals surface area contributed by atoms with Crippen molar-refractivity contribution in [2.24, 2.45) is 5.92 Å². The summed E-state index contributed by atoms with van der Waals surface area (Å²) in [5, 5.41) is 0.180. The van der Waals surface area contributed by atoms with E-state index in [-0.39, 0.29) is 16.8 Å². The maximum Gasteiger partial charge on any atom is 0.175 e. The molecule has 116 valence electrons. The van der Waals surface area contributed by atoms with Crippen molar-refractivity contribution in [3.05, 3.63) is 28.2 Å². The summed E-state index contributed by atoms with van der Waals surface area (Å²) in [5.74, 6) is 1.37. The van der Waals surface area contributed by atoms with Crippen molar-refractivity contribution in [1.82, 2.24) is 0 Å². The van der Waals surface area contributed by atoms with Crippen molar-refractivity contribution < 1.29 is 13.7 Å². The molecule has 0 heterocycles. The number of halogens is 1. The lowest BCUT2D eigenvalue weighted by Crippen LogP contribution is -2.27. The highest BCUT2D eigenvalue weighted by Gasteiger charge is 2.25. The van der Waals surface area contributed by atoms with Crippen LogP contribution < -0.4 is 4.74 Å². The summed E-state index contributed by atoms with van der Waals surface area (Å²) in [5.41, 5.74) is 0.583. The Hall–Kier alpha value is -0.680. The van der Waals surface area contributed by atoms with Crippen molar-refractivity contribution in [1.29, 1.82) is 0 Å². The van der Waals surface area contributed by atoms with Crippen LogP contribution in [0.5, 0.6) is 5.75 Å². The minimum atomic E-state index is -1.07. The number of ketones is 1. The van der Waals surface area contributed by atoms with Crippen LogP contribution in [0.25, 0.3) is 0 Å². The van der Waals surface area contributed by atoms with Crippen LogP contribution in [0, 0.1) is 5.92 Å². The number of carbonyl (C=O) groups excluding carboxylic acids is 1. The van der Waals surface area contributed by atoms with Crippen LogP contribution in [0.3, 0.4) is 0 Å². The van der Waals surface area contributed by atoms with Gasteiger partial charge in [-0.15, -0.1) is 0 Å². The summed E-state index contributed by atoms with van der Waals surface area (Å²) in [6, 6.07) is 5.22. The molecule has 0 amide bonds. The zero-order valence-electron chi connectivity index (χ0n) is 12.4. The van der Waals surface area contributed by atoms with Gasteiger partial charge in [0, 0.05) is 21.6 Å². The lowest BCUT2D eigenvalue weighted by Gasteiger charge is -2.25. The molecule has 0 aliphatic heterocycles. The van der Waals surface area contributed by atoms with Crippen LogP contribution in [0.4, 0.5) is 0 Å². The van der Waals surface area contributed by atoms with Crippen molar-refractivity contribution in [3.63, 3.8) is 0 Å². The van der Waals surface area contributed by atoms with E-state index < -0.39 is 10.8 Å². The molecular formula is C16H21BrO3S. The lowest BCUT2D eigenvalue weighted by molar-refractivity contribution is 0.102. The summed E-state index contributed by atoms with van der Waals surface area (Å²) in [6.07, 6.45) is 4.30. The Balaban J connectivity index is 2.00. The predicted octanol–water partition coefficient (Wildman–Crippen LogP) is 3.97. The molecule has 0 spiro atoms. The third kappa shape index (κ3) is 4.39. The highest BCUT2D eigenvalue weighted by molar-refractivity contribution is 9.10. The number of ether oxygens (including phenoxy) is 1. The molecule has 0 bridgehead atoms. The second-order valence-electron chi connectivity index (χ2n) is 5.69. The van der Waals surface area contributed by atoms with Crippen LogP contribution in [-0.4, -0.2) is 28.1 Å². The molecule has 1 aromatic rings. The molecular weight excluding hydrogens is 352 g/mol. The van der Waals surface area contributed by atoms with Crippen molar-refractivity contribution in [2.75, 3.05) is 12.9 Å². The Morgan fingerprint density at radius 3 is 2.81 bits per heavy atom. The first-order valence-electron chi connectivity index (χ1n) is 7.25. The third-order valence-electron chi connectivity index (χ3n) is 4.01. The maximum atomic E-state index is 12.4. The second-order valence-corrected chi connectivity index (χ2v) is 8.26. The van der Waals surface area contributed by atoms with Gasteiger partial charge >= 0.3 is 0 Å². The Morgan fingerprint density at radius 1 is 1.43 bits per heavy atom. The van der Waals surface area contributed by atoms with Gasteiger partial charge in [-0.05, 0) is 52.9 Å². The van der Waals surface area contributed by atoms with E-state index in [9.17, 15) is 9.00 Å². The van der Waals surface area contributed by atoms with E-state index in [2.05, 4.69) is 22.9 Å². The molecule has 1 aromatic carbocycles. The smallest absolute Gasteiger partial charge is 0.175 e. The summed E-state index contributed by atoms with van der Waals surface area (Å²) in [7, 11) is 0.517. The number of Topliss-reactive ketones (excluding diaryl/α,β-unsaturated/α-hetero) is 1. The van der Waals surface area contributed by atoms with Gasteiger partial charge in [0.2, 0.25) is 0 Å². The van der Waals surface area contributed by atoms with Crippen LogP contribution in [0.1, 0.15) is 43.0 Å². The van der Waals surface area contributed by atoms with Gasteiger partial charge in [-0.2, -0.15) is 0 Å². The normalized spacial score (nSPS) is 23.6. The summed E-state index contributed by atoms with van der Waals surface area (Å²) in [6.45, 7) is 2.20. The highest BCUT2D eigenvalue weighted by Crippen LogP contribution is 2.28. The zero-order valence-corrected chi connectivity index (χ0v) is 14.8. The average molecular weight is 373 g/mol. The number of carbonyl (C=O) groups is 1. The van der Waals surface area contributed by atoms with E-state index in [1.165, 1.54) is 6.42 Å². The molecule has 3 unspecified atom stereocenters. The molecule has 1 saturated carbocycles. The second kappa shape index (κ2) is 7.54. The fourth-order valence-corrected chi connectivity index (χ4v) is 4.96. The van der Waals surface area contributed by atoms with Crippen LogP contribution in [-0.2, 0) is 10.8 Å². The molecule has 0 aromatic heterocycles. The lowest BCUT2D eigenvalue weighted by atomic mass is 9.91. The predicted molar refractivity (Wildman–Crippen MR) is 89.5 cm³/mol. The first kappa shape index (κ1) is 16.7. The molecule has 1 aliphatic rings. The molecule has 21 heavy (non-hydrogen) atoms. The largest absolute Gasteiger partial charge is 0.496 e. The van der Waals surface area contributed by atoms with Crippen LogP contribution in [0.2, 0.25) is 0 Å². The first-order chi connectivity index (χ1) is 10.0. The van der Waals surface area contributed by atoms with Gasteiger partial charge in [-0.3, -0.25) is 9.00 Å². The van der Waals surface area contributed by atoms with E-state index in [1.54, 1.807) is 25.3 Å². The van der Waals surface area contributed by atoms with Crippen LogP contribution >= 0.6 is 15.9 Å². The van der Waals surface area contributed by atoms with E-state index in [0.29, 0.717) is 17.2 Å². The summed E-state index contributed by atoms with van der Waals surface area (Å²) in [4.78, 5) is 12.3. The standard InChI is InChI=1S/C16H21BrO3S/c1-11-4-3-5-13(8-11)21(19)10-15(18)12-6-7-16(20-2)14(17)9-12/h6-7,9,11,13H,3-5,8,10H2,1-2H3. The quantitative estimate of drug-likeness (QED) is 0.734. The number of hydrogen-bond acceptors (Lipinski definition) is 3. The average Bonchev–Trinajstić information content (AvgIpc) is 2.47. The highest BCUT2D eigenvalue weighted by atomic mass is 79.9. The first-order valence-corrected chi connectivity index (χ1v) is 9.42. The van der Waals surface area contributed by atoms with Crippen LogP contribution in [0.15, 0.2) is 22.7 Å². The number of hydrogen-bond donors (Lipinski definition) is 0. The van der Waals surface area contributed by atoms with Crippen molar-refractivity contribution >= 4 is 32.5 Å². The monoisotopic (exact) mass is 372 g/mol. The molecule has 3 nitrogen and oxygen atoms in total. The molecule has 0 radical (unpaired) electrons. The minimum Gasteiger partial charge on any atom is -0.496 e. The van der Waals surface area contributed by atoms with Crippen molar-refractivity contribution in [3.8, 4) is 5.75 Å². The molecule has 0 saturated heterocycles. The van der Waals surface area contributed by atoms with Gasteiger partial charge in [-0.25, -0.2) is 0 Å². The Kier molecular flexibility index (Phi) is 5.99. The third-order valence-corrected chi connectivity index (χ3v) is 6.35. The van der Waals surface area contributed by atoms with E-state index in [4.69, 9.17) is 4.74 Å². The molecule has 1 fully saturated rings. The minimum absolute atomic E-state index is 0.0603. The fourth-order valence-electron chi connectivity index (χ4n) is 2.79. The Bertz CT molecular complexity index is 544. The molecule has 2 rings (SSSR count). The van der Waals surface area contributed by atoms with Gasteiger partial charge < -0.3 is 4.74 Å². The summed E-state index contributed by atoms with van der Waals surface area (Å²) >= 11 is 3.37. The van der Waals surface area contributed by atoms with E-state index in [0.717, 1.165) is 23.7 Å². The maximum absolute atomic E-state index is 12.4. The molecule has 5 heteroatoms. The summed E-state index contributed by atoms with van der Waals surface area (Å²) < 4.78 is 18.3. The topological polar surface area (TPSA) is 43.4 Å². The van der Waals surface area contributed by atoms with Gasteiger partial charge in [-0.1, -0.05) is 19.8 Å². The fraction of sp³-hybridized carbons (Fsp3) is 0.562. The van der Waals surface area contributed by atoms with Gasteiger partial charge in [0.1, 0.15) is 5.75 Å². The molecule has 0 N–H and O–H groups in total. The van der Waals surface area contributed by atoms with E-state index in [1.807, 2.05) is 0 Å². The number of benzene rings is 1. The van der Waals surface area contributed by atoms with E-state index >= 15 is 0 Å². The van der Waals surface area contributed by atoms with Gasteiger partial charge in [0.15, 0.2) is 5.78 Å². The zero-order chi connectivity index (χ0) is 15.4. The SMILES string of the molecule is COc1ccc(C(=O)CS(=O)C2CCCC(C)C2)cc1Br. The molecule has 1 aliphatic carbocycles. The van der Waals surface area contributed by atoms with Crippen molar-refractivity contribution in [2.45, 2.75) is 37.9 Å². The Labute approximate surface area is 137 Å². The number of rotatable bonds is 5. The number of methoxy groups -OCH3 is 1. The van der Waals surface area contributed by atoms with Gasteiger partial charge in [0.05, 0.1) is 17.3 Å². The Morgan fingerprint density at radius 2 is 2.19 bits per heavy atom. The molecule has 3 atom stereocenters. The van der Waals surface area contributed by atoms with Gasteiger partial charge in [0.25, 0.3) is 0 Å².